The molecular formula is C9H14ClN. The summed E-state index contributed by atoms with van der Waals surface area (Å²) in [5.41, 5.74) is 2.49. The van der Waals surface area contributed by atoms with Crippen LogP contribution < -0.4 is 0 Å². The topological polar surface area (TPSA) is 3.24 Å². The van der Waals surface area contributed by atoms with E-state index in [0.717, 1.165) is 17.9 Å². The fourth-order valence-corrected chi connectivity index (χ4v) is 1.54. The molecule has 62 valence electrons. The minimum atomic E-state index is 1.00. The number of nitrogens with zero attached hydrogens (tertiary/aromatic N) is 1. The molecule has 1 rings (SSSR count). The van der Waals surface area contributed by atoms with Crippen molar-refractivity contribution in [1.29, 1.82) is 0 Å². The molecule has 0 aromatic rings. The van der Waals surface area contributed by atoms with E-state index in [0.29, 0.717) is 0 Å². The van der Waals surface area contributed by atoms with Crippen molar-refractivity contribution >= 4 is 11.6 Å². The Kier molecular flexibility index (Phi) is 2.61. The number of rotatable bonds is 1. The number of hydrogen-bond acceptors (Lipinski definition) is 1. The molecule has 0 heterocycles. The lowest BCUT2D eigenvalue weighted by Crippen LogP contribution is -2.14. The summed E-state index contributed by atoms with van der Waals surface area (Å²) in [6.45, 7) is 2.08. The van der Waals surface area contributed by atoms with Gasteiger partial charge < -0.3 is 4.90 Å². The normalized spacial score (nSPS) is 18.4. The monoisotopic (exact) mass is 171 g/mol. The van der Waals surface area contributed by atoms with Crippen molar-refractivity contribution in [2.75, 3.05) is 14.1 Å². The van der Waals surface area contributed by atoms with Crippen LogP contribution in [-0.4, -0.2) is 19.0 Å². The zero-order chi connectivity index (χ0) is 8.43. The van der Waals surface area contributed by atoms with Gasteiger partial charge in [0.15, 0.2) is 0 Å². The van der Waals surface area contributed by atoms with E-state index in [1.54, 1.807) is 0 Å². The van der Waals surface area contributed by atoms with E-state index < -0.39 is 0 Å². The van der Waals surface area contributed by atoms with Crippen LogP contribution in [0.25, 0.3) is 0 Å². The van der Waals surface area contributed by atoms with Crippen LogP contribution in [-0.2, 0) is 0 Å². The fraction of sp³-hybridized carbons (Fsp3) is 0.556. The summed E-state index contributed by atoms with van der Waals surface area (Å²) in [7, 11) is 4.09. The predicted molar refractivity (Wildman–Crippen MR) is 49.6 cm³/mol. The fourth-order valence-electron chi connectivity index (χ4n) is 1.33. The molecule has 1 nitrogen and oxygen atoms in total. The Morgan fingerprint density at radius 1 is 1.45 bits per heavy atom. The summed E-state index contributed by atoms with van der Waals surface area (Å²) in [5.74, 6) is 0. The van der Waals surface area contributed by atoms with E-state index in [9.17, 15) is 0 Å². The molecule has 11 heavy (non-hydrogen) atoms. The van der Waals surface area contributed by atoms with Crippen LogP contribution in [0.2, 0.25) is 0 Å². The van der Waals surface area contributed by atoms with Gasteiger partial charge in [-0.1, -0.05) is 17.7 Å². The van der Waals surface area contributed by atoms with Crippen molar-refractivity contribution in [3.63, 3.8) is 0 Å². The second-order valence-electron chi connectivity index (χ2n) is 3.05. The van der Waals surface area contributed by atoms with Gasteiger partial charge in [-0.05, 0) is 25.3 Å². The van der Waals surface area contributed by atoms with Gasteiger partial charge in [0, 0.05) is 24.8 Å². The minimum Gasteiger partial charge on any atom is -0.378 e. The summed E-state index contributed by atoms with van der Waals surface area (Å²) in [5, 5.41) is 1.01. The molecule has 0 N–H and O–H groups in total. The van der Waals surface area contributed by atoms with Gasteiger partial charge >= 0.3 is 0 Å². The Morgan fingerprint density at radius 3 is 2.55 bits per heavy atom. The largest absolute Gasteiger partial charge is 0.378 e. The Balaban J connectivity index is 2.89. The first-order valence-corrected chi connectivity index (χ1v) is 4.24. The van der Waals surface area contributed by atoms with Gasteiger partial charge in [-0.15, -0.1) is 0 Å². The SMILES string of the molecule is CC1=C(Cl)CCC=C1N(C)C. The van der Waals surface area contributed by atoms with Gasteiger partial charge in [0.05, 0.1) is 0 Å². The standard InChI is InChI=1S/C9H14ClN/c1-7-8(10)5-4-6-9(7)11(2)3/h6H,4-5H2,1-3H3. The third-order valence-corrected chi connectivity index (χ3v) is 2.45. The Morgan fingerprint density at radius 2 is 2.09 bits per heavy atom. The van der Waals surface area contributed by atoms with Gasteiger partial charge in [0.25, 0.3) is 0 Å². The highest BCUT2D eigenvalue weighted by atomic mass is 35.5. The minimum absolute atomic E-state index is 1.00. The molecular weight excluding hydrogens is 158 g/mol. The zero-order valence-corrected chi connectivity index (χ0v) is 8.07. The molecule has 0 bridgehead atoms. The van der Waals surface area contributed by atoms with Crippen LogP contribution in [0.1, 0.15) is 19.8 Å². The van der Waals surface area contributed by atoms with Gasteiger partial charge in [-0.3, -0.25) is 0 Å². The highest BCUT2D eigenvalue weighted by Crippen LogP contribution is 2.28. The maximum absolute atomic E-state index is 6.02. The molecule has 0 atom stereocenters. The lowest BCUT2D eigenvalue weighted by Gasteiger charge is -2.22. The molecule has 1 aliphatic rings. The maximum Gasteiger partial charge on any atom is 0.0361 e. The van der Waals surface area contributed by atoms with Crippen molar-refractivity contribution in [2.45, 2.75) is 19.8 Å². The van der Waals surface area contributed by atoms with Gasteiger partial charge in [0.2, 0.25) is 0 Å². The lowest BCUT2D eigenvalue weighted by atomic mass is 10.0. The number of likely N-dealkylation sites (N-methyl/N-ethyl adjacent to an activating group) is 1. The van der Waals surface area contributed by atoms with Crippen LogP contribution in [0, 0.1) is 0 Å². The van der Waals surface area contributed by atoms with Gasteiger partial charge in [-0.2, -0.15) is 0 Å². The van der Waals surface area contributed by atoms with Crippen molar-refractivity contribution < 1.29 is 0 Å². The summed E-state index contributed by atoms with van der Waals surface area (Å²) in [6.07, 6.45) is 4.32. The predicted octanol–water partition coefficient (Wildman–Crippen LogP) is 2.74. The molecule has 0 aliphatic heterocycles. The van der Waals surface area contributed by atoms with Crippen LogP contribution >= 0.6 is 11.6 Å². The molecule has 1 aliphatic carbocycles. The van der Waals surface area contributed by atoms with Crippen LogP contribution in [0.3, 0.4) is 0 Å². The molecule has 0 unspecified atom stereocenters. The van der Waals surface area contributed by atoms with E-state index in [4.69, 9.17) is 11.6 Å². The summed E-state index contributed by atoms with van der Waals surface area (Å²) in [6, 6.07) is 0. The quantitative estimate of drug-likeness (QED) is 0.587. The maximum atomic E-state index is 6.02. The van der Waals surface area contributed by atoms with Crippen molar-refractivity contribution in [3.8, 4) is 0 Å². The van der Waals surface area contributed by atoms with Crippen LogP contribution in [0.4, 0.5) is 0 Å². The third kappa shape index (κ3) is 1.78. The molecule has 0 amide bonds. The van der Waals surface area contributed by atoms with E-state index in [2.05, 4.69) is 17.9 Å². The molecule has 0 fully saturated rings. The Labute approximate surface area is 73.3 Å². The summed E-state index contributed by atoms with van der Waals surface area (Å²) < 4.78 is 0. The number of hydrogen-bond donors (Lipinski definition) is 0. The van der Waals surface area contributed by atoms with E-state index in [1.165, 1.54) is 11.3 Å². The molecule has 0 radical (unpaired) electrons. The molecule has 0 saturated heterocycles. The van der Waals surface area contributed by atoms with E-state index in [-0.39, 0.29) is 0 Å². The molecule has 0 saturated carbocycles. The van der Waals surface area contributed by atoms with Crippen LogP contribution in [0.15, 0.2) is 22.4 Å². The first-order chi connectivity index (χ1) is 5.13. The first kappa shape index (κ1) is 8.66. The Bertz CT molecular complexity index is 214. The second-order valence-corrected chi connectivity index (χ2v) is 3.51. The smallest absolute Gasteiger partial charge is 0.0361 e. The molecule has 2 heteroatoms. The molecule has 0 aromatic carbocycles. The summed E-state index contributed by atoms with van der Waals surface area (Å²) in [4.78, 5) is 2.11. The summed E-state index contributed by atoms with van der Waals surface area (Å²) >= 11 is 6.02. The highest BCUT2D eigenvalue weighted by molar-refractivity contribution is 6.30. The van der Waals surface area contributed by atoms with Crippen molar-refractivity contribution in [3.05, 3.63) is 22.4 Å². The number of halogens is 1. The second kappa shape index (κ2) is 3.31. The van der Waals surface area contributed by atoms with Gasteiger partial charge in [0.1, 0.15) is 0 Å². The Hall–Kier alpha value is -0.430. The molecule has 0 aromatic heterocycles. The highest BCUT2D eigenvalue weighted by Gasteiger charge is 2.11. The zero-order valence-electron chi connectivity index (χ0n) is 7.32. The average molecular weight is 172 g/mol. The van der Waals surface area contributed by atoms with E-state index >= 15 is 0 Å². The van der Waals surface area contributed by atoms with Gasteiger partial charge in [-0.25, -0.2) is 0 Å². The number of allylic oxidation sites excluding steroid dienone is 3. The third-order valence-electron chi connectivity index (χ3n) is 1.97. The lowest BCUT2D eigenvalue weighted by molar-refractivity contribution is 0.514. The van der Waals surface area contributed by atoms with Crippen molar-refractivity contribution in [2.24, 2.45) is 0 Å². The van der Waals surface area contributed by atoms with E-state index in [1.807, 2.05) is 14.1 Å². The molecule has 0 spiro atoms. The van der Waals surface area contributed by atoms with Crippen LogP contribution in [0.5, 0.6) is 0 Å². The average Bonchev–Trinajstić information content (AvgIpc) is 1.94. The van der Waals surface area contributed by atoms with Crippen molar-refractivity contribution in [1.82, 2.24) is 4.90 Å². The first-order valence-electron chi connectivity index (χ1n) is 3.86.